The molecule has 0 spiro atoms. The number of methoxy groups -OCH3 is 1. The molecule has 2 aromatic rings. The molecule has 3 rings (SSSR count). The van der Waals surface area contributed by atoms with Crippen LogP contribution in [0.3, 0.4) is 0 Å². The first-order valence-corrected chi connectivity index (χ1v) is 10.6. The normalized spacial score (nSPS) is 19.6. The van der Waals surface area contributed by atoms with Gasteiger partial charge < -0.3 is 9.64 Å². The van der Waals surface area contributed by atoms with Crippen molar-refractivity contribution in [3.63, 3.8) is 0 Å². The van der Waals surface area contributed by atoms with Crippen molar-refractivity contribution in [3.05, 3.63) is 51.5 Å². The van der Waals surface area contributed by atoms with E-state index in [1.165, 1.54) is 11.3 Å². The fourth-order valence-electron chi connectivity index (χ4n) is 3.03. The zero-order chi connectivity index (χ0) is 19.8. The minimum Gasteiger partial charge on any atom is -0.491 e. The molecule has 0 aliphatic carbocycles. The minimum atomic E-state index is -3.51. The van der Waals surface area contributed by atoms with Gasteiger partial charge in [0.1, 0.15) is 0 Å². The van der Waals surface area contributed by atoms with Gasteiger partial charge in [-0.1, -0.05) is 6.07 Å². The molecule has 1 saturated heterocycles. The molecule has 1 amide bonds. The quantitative estimate of drug-likeness (QED) is 0.717. The summed E-state index contributed by atoms with van der Waals surface area (Å²) in [5.74, 6) is -6.46. The maximum Gasteiger partial charge on any atom is 0.257 e. The van der Waals surface area contributed by atoms with Crippen LogP contribution in [0.4, 0.5) is 13.2 Å². The second kappa shape index (κ2) is 7.51. The van der Waals surface area contributed by atoms with Crippen LogP contribution >= 0.6 is 11.3 Å². The Kier molecular flexibility index (Phi) is 5.48. The molecular formula is C17H16F3NO4S2. The topological polar surface area (TPSA) is 63.7 Å². The molecule has 1 fully saturated rings. The average Bonchev–Trinajstić information content (AvgIpc) is 3.09. The Morgan fingerprint density at radius 3 is 2.63 bits per heavy atom. The highest BCUT2D eigenvalue weighted by molar-refractivity contribution is 7.91. The lowest BCUT2D eigenvalue weighted by Crippen LogP contribution is -2.34. The lowest BCUT2D eigenvalue weighted by atomic mass is 10.1. The number of rotatable bonds is 3. The van der Waals surface area contributed by atoms with Crippen LogP contribution in [-0.4, -0.2) is 45.2 Å². The molecular weight excluding hydrogens is 403 g/mol. The van der Waals surface area contributed by atoms with Crippen molar-refractivity contribution < 1.29 is 31.1 Å². The summed E-state index contributed by atoms with van der Waals surface area (Å²) >= 11 is 1.31. The fourth-order valence-corrected chi connectivity index (χ4v) is 6.03. The summed E-state index contributed by atoms with van der Waals surface area (Å²) in [6.07, 6.45) is 0.136. The zero-order valence-electron chi connectivity index (χ0n) is 14.2. The number of carbonyl (C=O) groups is 1. The third-order valence-corrected chi connectivity index (χ3v) is 7.68. The van der Waals surface area contributed by atoms with Gasteiger partial charge >= 0.3 is 0 Å². The third kappa shape index (κ3) is 3.68. The fraction of sp³-hybridized carbons (Fsp3) is 0.353. The van der Waals surface area contributed by atoms with Gasteiger partial charge in [-0.25, -0.2) is 17.2 Å². The van der Waals surface area contributed by atoms with Crippen LogP contribution in [0.1, 0.15) is 26.9 Å². The van der Waals surface area contributed by atoms with Gasteiger partial charge in [-0.05, 0) is 23.9 Å². The molecule has 27 heavy (non-hydrogen) atoms. The van der Waals surface area contributed by atoms with E-state index in [1.807, 2.05) is 0 Å². The summed E-state index contributed by atoms with van der Waals surface area (Å²) in [4.78, 5) is 14.5. The summed E-state index contributed by atoms with van der Waals surface area (Å²) < 4.78 is 71.2. The molecule has 0 N–H and O–H groups in total. The van der Waals surface area contributed by atoms with Crippen LogP contribution < -0.4 is 4.74 Å². The van der Waals surface area contributed by atoms with Crippen molar-refractivity contribution in [2.24, 2.45) is 0 Å². The molecule has 146 valence electrons. The molecule has 10 heteroatoms. The van der Waals surface area contributed by atoms with Gasteiger partial charge in [0.05, 0.1) is 23.7 Å². The number of carbonyl (C=O) groups excluding carboxylic acids is 1. The molecule has 0 radical (unpaired) electrons. The Morgan fingerprint density at radius 1 is 1.26 bits per heavy atom. The highest BCUT2D eigenvalue weighted by atomic mass is 32.2. The molecule has 0 saturated carbocycles. The second-order valence-corrected chi connectivity index (χ2v) is 9.30. The number of benzene rings is 1. The van der Waals surface area contributed by atoms with E-state index in [-0.39, 0.29) is 25.3 Å². The lowest BCUT2D eigenvalue weighted by Gasteiger charge is -2.21. The van der Waals surface area contributed by atoms with Gasteiger partial charge in [0, 0.05) is 18.0 Å². The molecule has 1 aliphatic heterocycles. The van der Waals surface area contributed by atoms with E-state index in [0.717, 1.165) is 12.0 Å². The van der Waals surface area contributed by atoms with Crippen LogP contribution in [0.15, 0.2) is 23.6 Å². The summed E-state index contributed by atoms with van der Waals surface area (Å²) in [6, 6.07) is 3.92. The molecule has 1 aliphatic rings. The Bertz CT molecular complexity index is 961. The molecule has 5 nitrogen and oxygen atoms in total. The van der Waals surface area contributed by atoms with E-state index in [1.54, 1.807) is 17.5 Å². The molecule has 1 unspecified atom stereocenters. The van der Waals surface area contributed by atoms with E-state index in [2.05, 4.69) is 4.74 Å². The number of amides is 1. The smallest absolute Gasteiger partial charge is 0.257 e. The van der Waals surface area contributed by atoms with Crippen molar-refractivity contribution in [1.29, 1.82) is 0 Å². The van der Waals surface area contributed by atoms with E-state index in [9.17, 15) is 26.4 Å². The molecule has 1 aromatic carbocycles. The minimum absolute atomic E-state index is 0.0430. The van der Waals surface area contributed by atoms with E-state index in [0.29, 0.717) is 10.9 Å². The van der Waals surface area contributed by atoms with Crippen LogP contribution in [-0.2, 0) is 9.84 Å². The molecule has 1 aromatic heterocycles. The van der Waals surface area contributed by atoms with Gasteiger partial charge in [-0.15, -0.1) is 11.3 Å². The Morgan fingerprint density at radius 2 is 2.00 bits per heavy atom. The van der Waals surface area contributed by atoms with Crippen molar-refractivity contribution in [2.75, 3.05) is 26.0 Å². The van der Waals surface area contributed by atoms with Gasteiger partial charge in [0.2, 0.25) is 5.82 Å². The summed E-state index contributed by atoms with van der Waals surface area (Å²) in [7, 11) is -2.55. The van der Waals surface area contributed by atoms with E-state index >= 15 is 0 Å². The van der Waals surface area contributed by atoms with Gasteiger partial charge in [0.15, 0.2) is 27.2 Å². The predicted molar refractivity (Wildman–Crippen MR) is 94.2 cm³/mol. The number of nitrogens with zero attached hydrogens (tertiary/aromatic N) is 1. The van der Waals surface area contributed by atoms with Crippen LogP contribution in [0.5, 0.6) is 5.75 Å². The predicted octanol–water partition coefficient (Wildman–Crippen LogP) is 3.18. The van der Waals surface area contributed by atoms with Crippen LogP contribution in [0.2, 0.25) is 0 Å². The van der Waals surface area contributed by atoms with Crippen LogP contribution in [0, 0.1) is 17.5 Å². The van der Waals surface area contributed by atoms with E-state index in [4.69, 9.17) is 0 Å². The second-order valence-electron chi connectivity index (χ2n) is 6.02. The largest absolute Gasteiger partial charge is 0.491 e. The Labute approximate surface area is 158 Å². The maximum atomic E-state index is 14.4. The van der Waals surface area contributed by atoms with Crippen LogP contribution in [0.25, 0.3) is 0 Å². The highest BCUT2D eigenvalue weighted by Gasteiger charge is 2.35. The van der Waals surface area contributed by atoms with Crippen molar-refractivity contribution in [1.82, 2.24) is 4.90 Å². The lowest BCUT2D eigenvalue weighted by molar-refractivity contribution is 0.0760. The molecule has 1 atom stereocenters. The highest BCUT2D eigenvalue weighted by Crippen LogP contribution is 2.33. The average molecular weight is 419 g/mol. The van der Waals surface area contributed by atoms with E-state index < -0.39 is 49.8 Å². The number of halogens is 3. The number of thiophene rings is 1. The summed E-state index contributed by atoms with van der Waals surface area (Å²) in [6.45, 7) is -0.120. The maximum absolute atomic E-state index is 14.4. The first kappa shape index (κ1) is 19.7. The molecule has 0 bridgehead atoms. The third-order valence-electron chi connectivity index (χ3n) is 4.44. The monoisotopic (exact) mass is 419 g/mol. The number of ether oxygens (including phenoxy) is 1. The zero-order valence-corrected chi connectivity index (χ0v) is 15.9. The van der Waals surface area contributed by atoms with Gasteiger partial charge in [-0.3, -0.25) is 4.79 Å². The van der Waals surface area contributed by atoms with Crippen molar-refractivity contribution >= 4 is 27.1 Å². The SMILES string of the molecule is COc1c(F)c(F)cc(C(=O)N2CCC(c3cccs3)S(=O)(=O)CC2)c1F. The summed E-state index contributed by atoms with van der Waals surface area (Å²) in [5, 5.41) is 1.02. The van der Waals surface area contributed by atoms with Gasteiger partial charge in [-0.2, -0.15) is 4.39 Å². The summed E-state index contributed by atoms with van der Waals surface area (Å²) in [5.41, 5.74) is -0.697. The standard InChI is InChI=1S/C17H16F3NO4S2/c1-25-16-14(19)10(9-11(18)15(16)20)17(22)21-5-4-13(12-3-2-7-26-12)27(23,24)8-6-21/h2-3,7,9,13H,4-6,8H2,1H3. The number of hydrogen-bond donors (Lipinski definition) is 0. The van der Waals surface area contributed by atoms with Gasteiger partial charge in [0.25, 0.3) is 5.91 Å². The molecule has 2 heterocycles. The van der Waals surface area contributed by atoms with Crippen molar-refractivity contribution in [3.8, 4) is 5.75 Å². The number of sulfone groups is 1. The first-order chi connectivity index (χ1) is 12.8. The van der Waals surface area contributed by atoms with Crippen molar-refractivity contribution in [2.45, 2.75) is 11.7 Å². The Balaban J connectivity index is 1.90. The Hall–Kier alpha value is -2.07. The first-order valence-electron chi connectivity index (χ1n) is 8.02. The number of hydrogen-bond acceptors (Lipinski definition) is 5.